The second-order valence-electron chi connectivity index (χ2n) is 7.70. The minimum Gasteiger partial charge on any atom is -0.496 e. The van der Waals surface area contributed by atoms with Crippen LogP contribution in [0.2, 0.25) is 5.02 Å². The molecule has 1 fully saturated rings. The van der Waals surface area contributed by atoms with E-state index in [0.717, 1.165) is 12.1 Å². The summed E-state index contributed by atoms with van der Waals surface area (Å²) in [5, 5.41) is 3.51. The Kier molecular flexibility index (Phi) is 7.75. The number of methoxy groups -OCH3 is 1. The van der Waals surface area contributed by atoms with E-state index in [2.05, 4.69) is 24.4 Å². The first-order chi connectivity index (χ1) is 14.5. The number of piperidine rings is 1. The number of amides is 2. The summed E-state index contributed by atoms with van der Waals surface area (Å²) < 4.78 is 5.30. The van der Waals surface area contributed by atoms with Crippen molar-refractivity contribution in [2.75, 3.05) is 25.5 Å². The molecule has 160 valence electrons. The first-order valence-corrected chi connectivity index (χ1v) is 10.9. The van der Waals surface area contributed by atoms with Crippen molar-refractivity contribution >= 4 is 29.1 Å². The number of hydrogen-bond donors (Lipinski definition) is 1. The van der Waals surface area contributed by atoms with E-state index in [9.17, 15) is 9.59 Å². The predicted octanol–water partition coefficient (Wildman–Crippen LogP) is 5.18. The molecule has 0 saturated carbocycles. The molecule has 5 nitrogen and oxygen atoms in total. The third kappa shape index (κ3) is 5.54. The van der Waals surface area contributed by atoms with E-state index in [1.807, 2.05) is 12.1 Å². The van der Waals surface area contributed by atoms with Crippen LogP contribution in [0.1, 0.15) is 48.5 Å². The summed E-state index contributed by atoms with van der Waals surface area (Å²) >= 11 is 6.05. The fraction of sp³-hybridized carbons (Fsp3) is 0.417. The summed E-state index contributed by atoms with van der Waals surface area (Å²) in [6.07, 6.45) is 4.67. The second-order valence-corrected chi connectivity index (χ2v) is 8.14. The molecule has 0 bridgehead atoms. The monoisotopic (exact) mass is 428 g/mol. The Bertz CT molecular complexity index is 875. The van der Waals surface area contributed by atoms with Crippen molar-refractivity contribution in [2.24, 2.45) is 5.92 Å². The van der Waals surface area contributed by atoms with Gasteiger partial charge in [-0.3, -0.25) is 9.59 Å². The largest absolute Gasteiger partial charge is 0.496 e. The molecule has 1 aliphatic rings. The van der Waals surface area contributed by atoms with Gasteiger partial charge in [0.25, 0.3) is 5.91 Å². The molecule has 1 N–H and O–H groups in total. The van der Waals surface area contributed by atoms with Crippen LogP contribution in [-0.4, -0.2) is 36.9 Å². The number of rotatable bonds is 7. The molecular formula is C24H29ClN2O3. The van der Waals surface area contributed by atoms with Crippen molar-refractivity contribution in [3.8, 4) is 5.75 Å². The van der Waals surface area contributed by atoms with E-state index >= 15 is 0 Å². The minimum atomic E-state index is -0.115. The standard InChI is InChI=1S/C24H29ClN2O3/c1-3-4-5-17-6-9-20(10-7-17)26-23(28)18-12-14-27(15-13-18)24(29)21-16-19(25)8-11-22(21)30-2/h6-11,16,18H,3-5,12-15H2,1-2H3,(H,26,28). The number of likely N-dealkylation sites (tertiary alicyclic amines) is 1. The fourth-order valence-electron chi connectivity index (χ4n) is 3.74. The molecule has 0 aliphatic carbocycles. The number of halogens is 1. The molecule has 30 heavy (non-hydrogen) atoms. The average molecular weight is 429 g/mol. The maximum absolute atomic E-state index is 12.9. The summed E-state index contributed by atoms with van der Waals surface area (Å²) in [6.45, 7) is 3.24. The maximum Gasteiger partial charge on any atom is 0.257 e. The number of ether oxygens (including phenoxy) is 1. The quantitative estimate of drug-likeness (QED) is 0.660. The van der Waals surface area contributed by atoms with Crippen LogP contribution < -0.4 is 10.1 Å². The van der Waals surface area contributed by atoms with E-state index < -0.39 is 0 Å². The molecule has 0 atom stereocenters. The van der Waals surface area contributed by atoms with Crippen LogP contribution in [0.25, 0.3) is 0 Å². The molecule has 1 saturated heterocycles. The van der Waals surface area contributed by atoms with Gasteiger partial charge in [-0.1, -0.05) is 37.1 Å². The van der Waals surface area contributed by atoms with Gasteiger partial charge in [-0.05, 0) is 61.6 Å². The maximum atomic E-state index is 12.9. The van der Waals surface area contributed by atoms with Gasteiger partial charge in [0.05, 0.1) is 12.7 Å². The zero-order valence-corrected chi connectivity index (χ0v) is 18.4. The number of anilines is 1. The Balaban J connectivity index is 1.54. The van der Waals surface area contributed by atoms with Crippen molar-refractivity contribution in [3.63, 3.8) is 0 Å². The lowest BCUT2D eigenvalue weighted by Crippen LogP contribution is -2.41. The van der Waals surface area contributed by atoms with Crippen LogP contribution in [0.15, 0.2) is 42.5 Å². The zero-order chi connectivity index (χ0) is 21.5. The Morgan fingerprint density at radius 2 is 1.83 bits per heavy atom. The Morgan fingerprint density at radius 3 is 2.47 bits per heavy atom. The third-order valence-corrected chi connectivity index (χ3v) is 5.82. The Labute approximate surface area is 183 Å². The number of benzene rings is 2. The smallest absolute Gasteiger partial charge is 0.257 e. The predicted molar refractivity (Wildman–Crippen MR) is 120 cm³/mol. The minimum absolute atomic E-state index is 0.0174. The van der Waals surface area contributed by atoms with Gasteiger partial charge in [-0.2, -0.15) is 0 Å². The Morgan fingerprint density at radius 1 is 1.13 bits per heavy atom. The van der Waals surface area contributed by atoms with Crippen molar-refractivity contribution in [1.29, 1.82) is 0 Å². The van der Waals surface area contributed by atoms with Gasteiger partial charge in [0.2, 0.25) is 5.91 Å². The van der Waals surface area contributed by atoms with Gasteiger partial charge >= 0.3 is 0 Å². The van der Waals surface area contributed by atoms with Gasteiger partial charge in [0.1, 0.15) is 5.75 Å². The van der Waals surface area contributed by atoms with Crippen LogP contribution in [-0.2, 0) is 11.2 Å². The van der Waals surface area contributed by atoms with Gasteiger partial charge < -0.3 is 15.0 Å². The van der Waals surface area contributed by atoms with Crippen LogP contribution in [0.5, 0.6) is 5.75 Å². The second kappa shape index (κ2) is 10.5. The number of aryl methyl sites for hydroxylation is 1. The first kappa shape index (κ1) is 22.2. The van der Waals surface area contributed by atoms with Crippen molar-refractivity contribution in [3.05, 3.63) is 58.6 Å². The molecule has 6 heteroatoms. The fourth-order valence-corrected chi connectivity index (χ4v) is 3.91. The number of nitrogens with one attached hydrogen (secondary N) is 1. The number of unbranched alkanes of at least 4 members (excludes halogenated alkanes) is 1. The van der Waals surface area contributed by atoms with Crippen molar-refractivity contribution in [1.82, 2.24) is 4.90 Å². The highest BCUT2D eigenvalue weighted by Gasteiger charge is 2.29. The van der Waals surface area contributed by atoms with E-state index in [0.29, 0.717) is 42.3 Å². The van der Waals surface area contributed by atoms with Crippen molar-refractivity contribution in [2.45, 2.75) is 39.0 Å². The highest BCUT2D eigenvalue weighted by molar-refractivity contribution is 6.31. The number of carbonyl (C=O) groups is 2. The van der Waals surface area contributed by atoms with Gasteiger partial charge in [-0.25, -0.2) is 0 Å². The van der Waals surface area contributed by atoms with Gasteiger partial charge in [0, 0.05) is 29.7 Å². The highest BCUT2D eigenvalue weighted by atomic mass is 35.5. The molecule has 0 aromatic heterocycles. The number of hydrogen-bond acceptors (Lipinski definition) is 3. The van der Waals surface area contributed by atoms with Crippen LogP contribution in [0.4, 0.5) is 5.69 Å². The van der Waals surface area contributed by atoms with Gasteiger partial charge in [0.15, 0.2) is 0 Å². The normalized spacial score (nSPS) is 14.4. The van der Waals surface area contributed by atoms with E-state index in [4.69, 9.17) is 16.3 Å². The summed E-state index contributed by atoms with van der Waals surface area (Å²) in [6, 6.07) is 13.1. The number of nitrogens with zero attached hydrogens (tertiary/aromatic N) is 1. The first-order valence-electron chi connectivity index (χ1n) is 10.5. The van der Waals surface area contributed by atoms with Crippen molar-refractivity contribution < 1.29 is 14.3 Å². The molecule has 0 spiro atoms. The summed E-state index contributed by atoms with van der Waals surface area (Å²) in [4.78, 5) is 27.3. The third-order valence-electron chi connectivity index (χ3n) is 5.59. The summed E-state index contributed by atoms with van der Waals surface area (Å²) in [7, 11) is 1.53. The molecule has 3 rings (SSSR count). The molecule has 1 heterocycles. The lowest BCUT2D eigenvalue weighted by molar-refractivity contribution is -0.121. The summed E-state index contributed by atoms with van der Waals surface area (Å²) in [5.74, 6) is 0.307. The molecule has 2 aromatic rings. The van der Waals surface area contributed by atoms with E-state index in [1.54, 1.807) is 23.1 Å². The lowest BCUT2D eigenvalue weighted by Gasteiger charge is -2.31. The molecule has 0 unspecified atom stereocenters. The van der Waals surface area contributed by atoms with Crippen LogP contribution >= 0.6 is 11.6 Å². The molecule has 2 aromatic carbocycles. The average Bonchev–Trinajstić information content (AvgIpc) is 2.78. The highest BCUT2D eigenvalue weighted by Crippen LogP contribution is 2.27. The molecule has 0 radical (unpaired) electrons. The Hall–Kier alpha value is -2.53. The van der Waals surface area contributed by atoms with Gasteiger partial charge in [-0.15, -0.1) is 0 Å². The van der Waals surface area contributed by atoms with Crippen LogP contribution in [0.3, 0.4) is 0 Å². The summed E-state index contributed by atoms with van der Waals surface area (Å²) in [5.41, 5.74) is 2.57. The zero-order valence-electron chi connectivity index (χ0n) is 17.6. The SMILES string of the molecule is CCCCc1ccc(NC(=O)C2CCN(C(=O)c3cc(Cl)ccc3OC)CC2)cc1. The molecule has 2 amide bonds. The van der Waals surface area contributed by atoms with Crippen LogP contribution in [0, 0.1) is 5.92 Å². The lowest BCUT2D eigenvalue weighted by atomic mass is 9.95. The van der Waals surface area contributed by atoms with E-state index in [-0.39, 0.29) is 17.7 Å². The topological polar surface area (TPSA) is 58.6 Å². The number of carbonyl (C=O) groups excluding carboxylic acids is 2. The molecular weight excluding hydrogens is 400 g/mol. The molecule has 1 aliphatic heterocycles. The van der Waals surface area contributed by atoms with E-state index in [1.165, 1.54) is 25.5 Å².